The molecule has 1 saturated heterocycles. The van der Waals surface area contributed by atoms with Gasteiger partial charge in [0.2, 0.25) is 0 Å². The first-order chi connectivity index (χ1) is 11.8. The van der Waals surface area contributed by atoms with Crippen molar-refractivity contribution in [1.82, 2.24) is 10.2 Å². The summed E-state index contributed by atoms with van der Waals surface area (Å²) in [6, 6.07) is -0.470. The lowest BCUT2D eigenvalue weighted by atomic mass is 9.92. The molecule has 1 aliphatic rings. The third kappa shape index (κ3) is 7.49. The van der Waals surface area contributed by atoms with Gasteiger partial charge >= 0.3 is 18.2 Å². The molecule has 0 aromatic heterocycles. The molecule has 0 bridgehead atoms. The summed E-state index contributed by atoms with van der Waals surface area (Å²) in [5.41, 5.74) is -1.26. The van der Waals surface area contributed by atoms with E-state index in [-0.39, 0.29) is 13.2 Å². The van der Waals surface area contributed by atoms with Crippen LogP contribution in [0.5, 0.6) is 0 Å². The van der Waals surface area contributed by atoms with Crippen LogP contribution in [0.4, 0.5) is 9.59 Å². The fraction of sp³-hybridized carbons (Fsp3) is 0.833. The van der Waals surface area contributed by atoms with Crippen molar-refractivity contribution in [3.63, 3.8) is 0 Å². The van der Waals surface area contributed by atoms with Crippen molar-refractivity contribution >= 4 is 18.2 Å². The zero-order valence-corrected chi connectivity index (χ0v) is 16.9. The second kappa shape index (κ2) is 8.60. The molecule has 0 aromatic carbocycles. The maximum atomic E-state index is 12.3. The van der Waals surface area contributed by atoms with Gasteiger partial charge in [-0.2, -0.15) is 0 Å². The number of rotatable bonds is 3. The number of piperidine rings is 1. The summed E-state index contributed by atoms with van der Waals surface area (Å²) in [6.45, 7) is 13.1. The Kier molecular flexibility index (Phi) is 7.29. The molecule has 0 unspecified atom stereocenters. The Morgan fingerprint density at radius 1 is 1.04 bits per heavy atom. The average Bonchev–Trinajstić information content (AvgIpc) is 2.43. The highest BCUT2D eigenvalue weighted by atomic mass is 16.6. The molecule has 8 nitrogen and oxygen atoms in total. The largest absolute Gasteiger partial charge is 0.466 e. The molecular formula is C18H32N2O6. The van der Waals surface area contributed by atoms with Crippen LogP contribution in [0.3, 0.4) is 0 Å². The Morgan fingerprint density at radius 3 is 2.12 bits per heavy atom. The van der Waals surface area contributed by atoms with E-state index < -0.39 is 41.3 Å². The van der Waals surface area contributed by atoms with Gasteiger partial charge < -0.3 is 24.4 Å². The van der Waals surface area contributed by atoms with Gasteiger partial charge in [0, 0.05) is 19.1 Å². The lowest BCUT2D eigenvalue weighted by molar-refractivity contribution is -0.150. The van der Waals surface area contributed by atoms with Crippen molar-refractivity contribution in [3.8, 4) is 0 Å². The minimum absolute atomic E-state index is 0.119. The number of amides is 2. The number of ether oxygens (including phenoxy) is 3. The summed E-state index contributed by atoms with van der Waals surface area (Å²) >= 11 is 0. The summed E-state index contributed by atoms with van der Waals surface area (Å²) < 4.78 is 15.7. The molecule has 26 heavy (non-hydrogen) atoms. The number of nitrogens with zero attached hydrogens (tertiary/aromatic N) is 1. The maximum absolute atomic E-state index is 12.3. The first kappa shape index (κ1) is 22.1. The highest BCUT2D eigenvalue weighted by Gasteiger charge is 2.39. The number of hydrogen-bond acceptors (Lipinski definition) is 6. The third-order valence-corrected chi connectivity index (χ3v) is 3.56. The predicted octanol–water partition coefficient (Wildman–Crippen LogP) is 2.70. The molecule has 1 rings (SSSR count). The Bertz CT molecular complexity index is 521. The van der Waals surface area contributed by atoms with Gasteiger partial charge in [-0.3, -0.25) is 4.79 Å². The summed E-state index contributed by atoms with van der Waals surface area (Å²) in [7, 11) is 0. The molecule has 0 radical (unpaired) electrons. The molecule has 8 heteroatoms. The van der Waals surface area contributed by atoms with Crippen LogP contribution in [-0.2, 0) is 19.0 Å². The highest BCUT2D eigenvalue weighted by molar-refractivity contribution is 5.77. The van der Waals surface area contributed by atoms with Crippen LogP contribution in [0.1, 0.15) is 54.9 Å². The highest BCUT2D eigenvalue weighted by Crippen LogP contribution is 2.22. The summed E-state index contributed by atoms with van der Waals surface area (Å²) in [5, 5.41) is 2.73. The second-order valence-corrected chi connectivity index (χ2v) is 8.33. The molecule has 1 heterocycles. The van der Waals surface area contributed by atoms with Crippen molar-refractivity contribution in [2.45, 2.75) is 72.1 Å². The Labute approximate surface area is 155 Å². The predicted molar refractivity (Wildman–Crippen MR) is 95.7 cm³/mol. The molecule has 1 aliphatic heterocycles. The smallest absolute Gasteiger partial charge is 0.410 e. The molecule has 2 atom stereocenters. The zero-order valence-electron chi connectivity index (χ0n) is 16.9. The van der Waals surface area contributed by atoms with E-state index in [1.54, 1.807) is 48.5 Å². The number of esters is 1. The number of alkyl carbamates (subject to hydrolysis) is 1. The lowest BCUT2D eigenvalue weighted by Crippen LogP contribution is -2.56. The van der Waals surface area contributed by atoms with Crippen LogP contribution in [-0.4, -0.2) is 60.0 Å². The van der Waals surface area contributed by atoms with Crippen LogP contribution in [0.2, 0.25) is 0 Å². The van der Waals surface area contributed by atoms with E-state index in [2.05, 4.69) is 5.32 Å². The lowest BCUT2D eigenvalue weighted by Gasteiger charge is -2.38. The first-order valence-electron chi connectivity index (χ1n) is 8.96. The van der Waals surface area contributed by atoms with E-state index in [1.165, 1.54) is 4.90 Å². The van der Waals surface area contributed by atoms with Crippen LogP contribution in [0, 0.1) is 5.92 Å². The molecule has 2 amide bonds. The summed E-state index contributed by atoms with van der Waals surface area (Å²) in [5.74, 6) is -1.13. The van der Waals surface area contributed by atoms with Crippen molar-refractivity contribution in [2.75, 3.05) is 19.7 Å². The van der Waals surface area contributed by atoms with E-state index >= 15 is 0 Å². The van der Waals surface area contributed by atoms with Crippen LogP contribution >= 0.6 is 0 Å². The van der Waals surface area contributed by atoms with Gasteiger partial charge in [0.25, 0.3) is 0 Å². The van der Waals surface area contributed by atoms with Crippen molar-refractivity contribution in [1.29, 1.82) is 0 Å². The molecule has 1 fully saturated rings. The molecule has 0 aromatic rings. The minimum Gasteiger partial charge on any atom is -0.466 e. The molecule has 150 valence electrons. The van der Waals surface area contributed by atoms with Gasteiger partial charge in [-0.15, -0.1) is 0 Å². The van der Waals surface area contributed by atoms with Crippen molar-refractivity contribution in [2.24, 2.45) is 5.92 Å². The number of carbonyl (C=O) groups excluding carboxylic acids is 3. The number of likely N-dealkylation sites (tertiary alicyclic amines) is 1. The van der Waals surface area contributed by atoms with Gasteiger partial charge in [0.05, 0.1) is 12.5 Å². The molecule has 0 aliphatic carbocycles. The summed E-state index contributed by atoms with van der Waals surface area (Å²) in [6.07, 6.45) is -0.674. The van der Waals surface area contributed by atoms with E-state index in [1.807, 2.05) is 0 Å². The molecule has 1 N–H and O–H groups in total. The fourth-order valence-corrected chi connectivity index (χ4v) is 2.56. The Morgan fingerprint density at radius 2 is 1.62 bits per heavy atom. The molecule has 0 spiro atoms. The maximum Gasteiger partial charge on any atom is 0.410 e. The minimum atomic E-state index is -0.677. The van der Waals surface area contributed by atoms with Crippen molar-refractivity contribution < 1.29 is 28.6 Å². The van der Waals surface area contributed by atoms with Gasteiger partial charge in [0.1, 0.15) is 11.2 Å². The summed E-state index contributed by atoms with van der Waals surface area (Å²) in [4.78, 5) is 38.2. The topological polar surface area (TPSA) is 94.2 Å². The zero-order chi connectivity index (χ0) is 20.1. The SMILES string of the molecule is CCOC(=O)[C@@H]1CN(C(=O)OC(C)(C)C)CC[C@@H]1NC(=O)OC(C)(C)C. The van der Waals surface area contributed by atoms with E-state index in [0.29, 0.717) is 13.0 Å². The quantitative estimate of drug-likeness (QED) is 0.605. The second-order valence-electron chi connectivity index (χ2n) is 8.33. The normalized spacial score (nSPS) is 21.0. The fourth-order valence-electron chi connectivity index (χ4n) is 2.56. The standard InChI is InChI=1S/C18H32N2O6/c1-8-24-14(21)12-11-20(16(23)26-18(5,6)7)10-9-13(12)19-15(22)25-17(2,3)4/h12-13H,8-11H2,1-7H3,(H,19,22)/t12-,13+/m1/s1. The van der Waals surface area contributed by atoms with Gasteiger partial charge in [-0.05, 0) is 54.9 Å². The van der Waals surface area contributed by atoms with Gasteiger partial charge in [-0.1, -0.05) is 0 Å². The van der Waals surface area contributed by atoms with Crippen molar-refractivity contribution in [3.05, 3.63) is 0 Å². The third-order valence-electron chi connectivity index (χ3n) is 3.56. The van der Waals surface area contributed by atoms with Crippen LogP contribution < -0.4 is 5.32 Å². The van der Waals surface area contributed by atoms with Crippen LogP contribution in [0.15, 0.2) is 0 Å². The number of hydrogen-bond donors (Lipinski definition) is 1. The molecule has 0 saturated carbocycles. The number of carbonyl (C=O) groups is 3. The van der Waals surface area contributed by atoms with Gasteiger partial charge in [-0.25, -0.2) is 9.59 Å². The van der Waals surface area contributed by atoms with E-state index in [4.69, 9.17) is 14.2 Å². The first-order valence-corrected chi connectivity index (χ1v) is 8.96. The van der Waals surface area contributed by atoms with Crippen LogP contribution in [0.25, 0.3) is 0 Å². The average molecular weight is 372 g/mol. The molecular weight excluding hydrogens is 340 g/mol. The van der Waals surface area contributed by atoms with E-state index in [0.717, 1.165) is 0 Å². The van der Waals surface area contributed by atoms with Gasteiger partial charge in [0.15, 0.2) is 0 Å². The Hall–Kier alpha value is -1.99. The number of nitrogens with one attached hydrogen (secondary N) is 1. The van der Waals surface area contributed by atoms with E-state index in [9.17, 15) is 14.4 Å². The monoisotopic (exact) mass is 372 g/mol. The Balaban J connectivity index is 2.82.